The van der Waals surface area contributed by atoms with Crippen LogP contribution in [0.2, 0.25) is 0 Å². The molecule has 1 atom stereocenters. The van der Waals surface area contributed by atoms with Crippen molar-refractivity contribution in [2.75, 3.05) is 39.9 Å². The molecule has 0 aliphatic carbocycles. The predicted octanol–water partition coefficient (Wildman–Crippen LogP) is 0.0467. The third kappa shape index (κ3) is 4.05. The molecule has 1 saturated heterocycles. The monoisotopic (exact) mass is 216 g/mol. The third-order valence-corrected chi connectivity index (χ3v) is 2.59. The minimum absolute atomic E-state index is 0.0893. The third-order valence-electron chi connectivity index (χ3n) is 2.59. The largest absolute Gasteiger partial charge is 0.447 e. The highest BCUT2D eigenvalue weighted by Crippen LogP contribution is 2.16. The Labute approximate surface area is 90.4 Å². The second kappa shape index (κ2) is 6.63. The molecule has 1 aliphatic heterocycles. The molecule has 0 aromatic heterocycles. The fraction of sp³-hybridized carbons (Fsp3) is 0.900. The first-order valence-electron chi connectivity index (χ1n) is 5.45. The van der Waals surface area contributed by atoms with Gasteiger partial charge in [0.15, 0.2) is 0 Å². The van der Waals surface area contributed by atoms with Gasteiger partial charge in [-0.05, 0) is 32.4 Å². The first kappa shape index (κ1) is 12.3. The number of rotatable bonds is 4. The van der Waals surface area contributed by atoms with Crippen molar-refractivity contribution in [3.63, 3.8) is 0 Å². The molecule has 1 heterocycles. The summed E-state index contributed by atoms with van der Waals surface area (Å²) in [5.74, 6) is 0.519. The molecular weight excluding hydrogens is 196 g/mol. The van der Waals surface area contributed by atoms with E-state index in [1.807, 2.05) is 7.05 Å². The fourth-order valence-electron chi connectivity index (χ4n) is 1.91. The van der Waals surface area contributed by atoms with Gasteiger partial charge in [0, 0.05) is 13.1 Å². The lowest BCUT2D eigenvalue weighted by Gasteiger charge is -2.31. The van der Waals surface area contributed by atoms with Crippen molar-refractivity contribution < 1.29 is 14.6 Å². The highest BCUT2D eigenvalue weighted by molar-refractivity contribution is 5.67. The molecule has 15 heavy (non-hydrogen) atoms. The summed E-state index contributed by atoms with van der Waals surface area (Å²) in [6.07, 6.45) is 1.88. The highest BCUT2D eigenvalue weighted by Gasteiger charge is 2.23. The molecule has 5 nitrogen and oxygen atoms in total. The number of piperidine rings is 1. The van der Waals surface area contributed by atoms with Crippen LogP contribution < -0.4 is 5.32 Å². The Kier molecular flexibility index (Phi) is 5.42. The van der Waals surface area contributed by atoms with E-state index in [1.54, 1.807) is 4.90 Å². The van der Waals surface area contributed by atoms with Crippen molar-refractivity contribution >= 4 is 6.09 Å². The van der Waals surface area contributed by atoms with Gasteiger partial charge in [-0.2, -0.15) is 0 Å². The molecule has 1 fully saturated rings. The number of carbonyl (C=O) groups is 1. The number of likely N-dealkylation sites (tertiary alicyclic amines) is 1. The Morgan fingerprint density at radius 3 is 3.13 bits per heavy atom. The van der Waals surface area contributed by atoms with Crippen LogP contribution in [-0.4, -0.2) is 56.0 Å². The van der Waals surface area contributed by atoms with Gasteiger partial charge < -0.3 is 20.1 Å². The van der Waals surface area contributed by atoms with Crippen molar-refractivity contribution in [2.24, 2.45) is 5.92 Å². The van der Waals surface area contributed by atoms with Crippen molar-refractivity contribution in [3.8, 4) is 0 Å². The minimum Gasteiger partial charge on any atom is -0.447 e. The zero-order valence-electron chi connectivity index (χ0n) is 9.24. The number of ether oxygens (including phenoxy) is 1. The van der Waals surface area contributed by atoms with E-state index in [0.717, 1.165) is 32.5 Å². The van der Waals surface area contributed by atoms with Gasteiger partial charge in [-0.1, -0.05) is 0 Å². The molecule has 0 saturated carbocycles. The second-order valence-electron chi connectivity index (χ2n) is 3.85. The van der Waals surface area contributed by atoms with Crippen molar-refractivity contribution in [3.05, 3.63) is 0 Å². The molecule has 2 N–H and O–H groups in total. The quantitative estimate of drug-likeness (QED) is 0.697. The summed E-state index contributed by atoms with van der Waals surface area (Å²) in [5.41, 5.74) is 0. The number of nitrogens with one attached hydrogen (secondary N) is 1. The summed E-state index contributed by atoms with van der Waals surface area (Å²) in [6.45, 7) is 2.44. The van der Waals surface area contributed by atoms with E-state index in [4.69, 9.17) is 9.84 Å². The van der Waals surface area contributed by atoms with Crippen molar-refractivity contribution in [1.82, 2.24) is 10.2 Å². The molecule has 1 aliphatic rings. The lowest BCUT2D eigenvalue weighted by atomic mass is 9.98. The van der Waals surface area contributed by atoms with Gasteiger partial charge in [0.1, 0.15) is 6.61 Å². The Bertz CT molecular complexity index is 197. The predicted molar refractivity (Wildman–Crippen MR) is 56.7 cm³/mol. The fourth-order valence-corrected chi connectivity index (χ4v) is 1.91. The summed E-state index contributed by atoms with van der Waals surface area (Å²) >= 11 is 0. The summed E-state index contributed by atoms with van der Waals surface area (Å²) in [7, 11) is 1.92. The lowest BCUT2D eigenvalue weighted by Crippen LogP contribution is -2.42. The van der Waals surface area contributed by atoms with E-state index in [2.05, 4.69) is 5.32 Å². The molecule has 0 spiro atoms. The molecule has 0 bridgehead atoms. The summed E-state index contributed by atoms with van der Waals surface area (Å²) < 4.78 is 4.87. The number of hydrogen-bond acceptors (Lipinski definition) is 4. The molecule has 0 aromatic carbocycles. The van der Waals surface area contributed by atoms with Gasteiger partial charge in [-0.15, -0.1) is 0 Å². The molecule has 5 heteroatoms. The molecule has 1 unspecified atom stereocenters. The van der Waals surface area contributed by atoms with Crippen molar-refractivity contribution in [2.45, 2.75) is 12.8 Å². The Balaban J connectivity index is 2.31. The van der Waals surface area contributed by atoms with Crippen LogP contribution in [0.25, 0.3) is 0 Å². The minimum atomic E-state index is -0.301. The van der Waals surface area contributed by atoms with E-state index in [1.165, 1.54) is 0 Å². The maximum absolute atomic E-state index is 11.5. The topological polar surface area (TPSA) is 61.8 Å². The average molecular weight is 216 g/mol. The van der Waals surface area contributed by atoms with E-state index in [9.17, 15) is 4.79 Å². The van der Waals surface area contributed by atoms with Gasteiger partial charge in [0.2, 0.25) is 0 Å². The van der Waals surface area contributed by atoms with Crippen LogP contribution in [0.3, 0.4) is 0 Å². The first-order valence-corrected chi connectivity index (χ1v) is 5.45. The summed E-state index contributed by atoms with van der Waals surface area (Å²) in [5, 5.41) is 11.7. The maximum Gasteiger partial charge on any atom is 0.409 e. The molecular formula is C10H20N2O3. The van der Waals surface area contributed by atoms with Gasteiger partial charge >= 0.3 is 6.09 Å². The summed E-state index contributed by atoms with van der Waals surface area (Å²) in [6, 6.07) is 0. The smallest absolute Gasteiger partial charge is 0.409 e. The van der Waals surface area contributed by atoms with Crippen LogP contribution in [0, 0.1) is 5.92 Å². The van der Waals surface area contributed by atoms with Gasteiger partial charge in [-0.25, -0.2) is 4.79 Å². The number of amides is 1. The maximum atomic E-state index is 11.5. The SMILES string of the molecule is CNCC1CCCN(C(=O)OCCO)C1. The number of hydrogen-bond donors (Lipinski definition) is 2. The molecule has 1 rings (SSSR count). The first-order chi connectivity index (χ1) is 7.27. The number of nitrogens with zero attached hydrogens (tertiary/aromatic N) is 1. The standard InChI is InChI=1S/C10H20N2O3/c1-11-7-9-3-2-4-12(8-9)10(14)15-6-5-13/h9,11,13H,2-8H2,1H3. The van der Waals surface area contributed by atoms with Gasteiger partial charge in [0.25, 0.3) is 0 Å². The van der Waals surface area contributed by atoms with Gasteiger partial charge in [0.05, 0.1) is 6.61 Å². The number of aliphatic hydroxyl groups excluding tert-OH is 1. The Hall–Kier alpha value is -0.810. The molecule has 0 radical (unpaired) electrons. The van der Waals surface area contributed by atoms with Crippen LogP contribution in [0.15, 0.2) is 0 Å². The van der Waals surface area contributed by atoms with Crippen LogP contribution >= 0.6 is 0 Å². The zero-order valence-corrected chi connectivity index (χ0v) is 9.24. The van der Waals surface area contributed by atoms with Crippen molar-refractivity contribution in [1.29, 1.82) is 0 Å². The number of carbonyl (C=O) groups excluding carboxylic acids is 1. The van der Waals surface area contributed by atoms with Gasteiger partial charge in [-0.3, -0.25) is 0 Å². The van der Waals surface area contributed by atoms with E-state index in [0.29, 0.717) is 5.92 Å². The number of aliphatic hydroxyl groups is 1. The lowest BCUT2D eigenvalue weighted by molar-refractivity contribution is 0.0703. The molecule has 0 aromatic rings. The second-order valence-corrected chi connectivity index (χ2v) is 3.85. The van der Waals surface area contributed by atoms with E-state index >= 15 is 0 Å². The Morgan fingerprint density at radius 1 is 1.67 bits per heavy atom. The molecule has 88 valence electrons. The summed E-state index contributed by atoms with van der Waals surface area (Å²) in [4.78, 5) is 13.2. The van der Waals surface area contributed by atoms with Crippen LogP contribution in [0.5, 0.6) is 0 Å². The zero-order chi connectivity index (χ0) is 11.1. The van der Waals surface area contributed by atoms with E-state index in [-0.39, 0.29) is 19.3 Å². The molecule has 1 amide bonds. The van der Waals surface area contributed by atoms with Crippen LogP contribution in [-0.2, 0) is 4.74 Å². The average Bonchev–Trinajstić information content (AvgIpc) is 2.27. The normalized spacial score (nSPS) is 21.5. The van der Waals surface area contributed by atoms with Crippen LogP contribution in [0.4, 0.5) is 4.79 Å². The Morgan fingerprint density at radius 2 is 2.47 bits per heavy atom. The van der Waals surface area contributed by atoms with Crippen LogP contribution in [0.1, 0.15) is 12.8 Å². The highest BCUT2D eigenvalue weighted by atomic mass is 16.6. The van der Waals surface area contributed by atoms with E-state index < -0.39 is 0 Å².